The number of nitrogens with zero attached hydrogens (tertiary/aromatic N) is 1. The number of non-ortho nitro benzene ring substituents is 1. The standard InChI is InChI=1S/C13H18BrNO2/c1-3-10(2)8-12(14)9-11-4-6-13(7-5-11)15(16)17/h4-7,10,12H,3,8-9H2,1-2H3. The Labute approximate surface area is 111 Å². The van der Waals surface area contributed by atoms with E-state index in [2.05, 4.69) is 29.8 Å². The van der Waals surface area contributed by atoms with Gasteiger partial charge in [0.2, 0.25) is 0 Å². The minimum atomic E-state index is -0.367. The molecule has 0 bridgehead atoms. The first-order chi connectivity index (χ1) is 8.02. The van der Waals surface area contributed by atoms with E-state index >= 15 is 0 Å². The number of hydrogen-bond donors (Lipinski definition) is 0. The zero-order valence-electron chi connectivity index (χ0n) is 10.2. The highest BCUT2D eigenvalue weighted by Gasteiger charge is 2.11. The molecular weight excluding hydrogens is 282 g/mol. The number of benzene rings is 1. The molecule has 2 atom stereocenters. The molecule has 4 heteroatoms. The van der Waals surface area contributed by atoms with Gasteiger partial charge in [0.05, 0.1) is 4.92 Å². The molecule has 0 aliphatic carbocycles. The van der Waals surface area contributed by atoms with Gasteiger partial charge in [0, 0.05) is 17.0 Å². The van der Waals surface area contributed by atoms with Crippen LogP contribution in [0.25, 0.3) is 0 Å². The van der Waals surface area contributed by atoms with Crippen molar-refractivity contribution in [2.75, 3.05) is 0 Å². The largest absolute Gasteiger partial charge is 0.269 e. The third-order valence-electron chi connectivity index (χ3n) is 2.96. The quantitative estimate of drug-likeness (QED) is 0.445. The Morgan fingerprint density at radius 3 is 2.41 bits per heavy atom. The molecule has 0 fully saturated rings. The number of alkyl halides is 1. The first-order valence-corrected chi connectivity index (χ1v) is 6.82. The van der Waals surface area contributed by atoms with Crippen molar-refractivity contribution in [2.45, 2.75) is 37.9 Å². The van der Waals surface area contributed by atoms with Gasteiger partial charge in [-0.2, -0.15) is 0 Å². The predicted molar refractivity (Wildman–Crippen MR) is 73.6 cm³/mol. The van der Waals surface area contributed by atoms with E-state index in [1.54, 1.807) is 12.1 Å². The van der Waals surface area contributed by atoms with E-state index in [9.17, 15) is 10.1 Å². The molecule has 3 nitrogen and oxygen atoms in total. The minimum absolute atomic E-state index is 0.154. The van der Waals surface area contributed by atoms with Crippen LogP contribution in [0.1, 0.15) is 32.3 Å². The Kier molecular flexibility index (Phi) is 5.62. The van der Waals surface area contributed by atoms with Crippen molar-refractivity contribution in [3.63, 3.8) is 0 Å². The van der Waals surface area contributed by atoms with Crippen LogP contribution in [0.3, 0.4) is 0 Å². The van der Waals surface area contributed by atoms with Gasteiger partial charge in [-0.15, -0.1) is 0 Å². The summed E-state index contributed by atoms with van der Waals surface area (Å²) in [7, 11) is 0. The average Bonchev–Trinajstić information content (AvgIpc) is 2.29. The summed E-state index contributed by atoms with van der Waals surface area (Å²) >= 11 is 3.67. The second-order valence-electron chi connectivity index (χ2n) is 4.47. The zero-order valence-corrected chi connectivity index (χ0v) is 11.8. The first kappa shape index (κ1) is 14.2. The van der Waals surface area contributed by atoms with Crippen molar-refractivity contribution in [3.8, 4) is 0 Å². The van der Waals surface area contributed by atoms with E-state index < -0.39 is 0 Å². The van der Waals surface area contributed by atoms with Crippen LogP contribution in [0.2, 0.25) is 0 Å². The fourth-order valence-corrected chi connectivity index (χ4v) is 2.71. The predicted octanol–water partition coefficient (Wildman–Crippen LogP) is 4.34. The van der Waals surface area contributed by atoms with Crippen molar-refractivity contribution in [2.24, 2.45) is 5.92 Å². The lowest BCUT2D eigenvalue weighted by Crippen LogP contribution is -2.08. The van der Waals surface area contributed by atoms with Crippen molar-refractivity contribution in [1.82, 2.24) is 0 Å². The smallest absolute Gasteiger partial charge is 0.258 e. The molecule has 2 unspecified atom stereocenters. The number of hydrogen-bond acceptors (Lipinski definition) is 2. The van der Waals surface area contributed by atoms with Gasteiger partial charge < -0.3 is 0 Å². The van der Waals surface area contributed by atoms with Crippen LogP contribution in [0.4, 0.5) is 5.69 Å². The summed E-state index contributed by atoms with van der Waals surface area (Å²) in [5.41, 5.74) is 1.29. The van der Waals surface area contributed by atoms with E-state index in [1.165, 1.54) is 6.42 Å². The van der Waals surface area contributed by atoms with E-state index in [0.29, 0.717) is 10.7 Å². The Morgan fingerprint density at radius 2 is 1.94 bits per heavy atom. The van der Waals surface area contributed by atoms with Crippen LogP contribution in [0.5, 0.6) is 0 Å². The highest BCUT2D eigenvalue weighted by Crippen LogP contribution is 2.21. The lowest BCUT2D eigenvalue weighted by atomic mass is 9.99. The number of nitro groups is 1. The van der Waals surface area contributed by atoms with E-state index in [-0.39, 0.29) is 10.6 Å². The third kappa shape index (κ3) is 4.86. The van der Waals surface area contributed by atoms with Crippen LogP contribution in [0, 0.1) is 16.0 Å². The highest BCUT2D eigenvalue weighted by atomic mass is 79.9. The maximum Gasteiger partial charge on any atom is 0.269 e. The lowest BCUT2D eigenvalue weighted by molar-refractivity contribution is -0.384. The monoisotopic (exact) mass is 299 g/mol. The third-order valence-corrected chi connectivity index (χ3v) is 3.66. The molecule has 0 aromatic heterocycles. The van der Waals surface area contributed by atoms with Crippen LogP contribution in [-0.4, -0.2) is 9.75 Å². The van der Waals surface area contributed by atoms with E-state index in [1.807, 2.05) is 12.1 Å². The summed E-state index contributed by atoms with van der Waals surface area (Å²) in [5.74, 6) is 0.706. The molecule has 0 amide bonds. The Hall–Kier alpha value is -0.900. The molecule has 0 aliphatic heterocycles. The van der Waals surface area contributed by atoms with Crippen LogP contribution in [-0.2, 0) is 6.42 Å². The number of nitro benzene ring substituents is 1. The molecule has 0 radical (unpaired) electrons. The fraction of sp³-hybridized carbons (Fsp3) is 0.538. The molecule has 0 saturated heterocycles. The van der Waals surface area contributed by atoms with Gasteiger partial charge >= 0.3 is 0 Å². The molecule has 0 aliphatic rings. The van der Waals surface area contributed by atoms with Gasteiger partial charge in [0.15, 0.2) is 0 Å². The normalized spacial score (nSPS) is 14.3. The summed E-state index contributed by atoms with van der Waals surface area (Å²) in [6.07, 6.45) is 3.23. The molecule has 1 aromatic carbocycles. The molecule has 0 heterocycles. The topological polar surface area (TPSA) is 43.1 Å². The summed E-state index contributed by atoms with van der Waals surface area (Å²) in [4.78, 5) is 10.6. The van der Waals surface area contributed by atoms with Gasteiger partial charge in [-0.3, -0.25) is 10.1 Å². The van der Waals surface area contributed by atoms with Gasteiger partial charge in [-0.1, -0.05) is 48.3 Å². The van der Waals surface area contributed by atoms with Gasteiger partial charge in [0.1, 0.15) is 0 Å². The second kappa shape index (κ2) is 6.74. The maximum absolute atomic E-state index is 10.5. The Morgan fingerprint density at radius 1 is 1.35 bits per heavy atom. The summed E-state index contributed by atoms with van der Waals surface area (Å²) in [6.45, 7) is 4.43. The van der Waals surface area contributed by atoms with Gasteiger partial charge in [0.25, 0.3) is 5.69 Å². The number of halogens is 1. The molecule has 0 N–H and O–H groups in total. The van der Waals surface area contributed by atoms with Gasteiger partial charge in [-0.25, -0.2) is 0 Å². The first-order valence-electron chi connectivity index (χ1n) is 5.90. The zero-order chi connectivity index (χ0) is 12.8. The molecule has 94 valence electrons. The average molecular weight is 300 g/mol. The highest BCUT2D eigenvalue weighted by molar-refractivity contribution is 9.09. The molecule has 17 heavy (non-hydrogen) atoms. The summed E-state index contributed by atoms with van der Waals surface area (Å²) in [6, 6.07) is 6.81. The van der Waals surface area contributed by atoms with Crippen molar-refractivity contribution in [3.05, 3.63) is 39.9 Å². The van der Waals surface area contributed by atoms with Crippen molar-refractivity contribution < 1.29 is 4.92 Å². The molecule has 1 aromatic rings. The molecule has 0 saturated carbocycles. The Bertz CT molecular complexity index is 364. The molecular formula is C13H18BrNO2. The van der Waals surface area contributed by atoms with Gasteiger partial charge in [-0.05, 0) is 24.3 Å². The second-order valence-corrected chi connectivity index (χ2v) is 5.77. The molecule has 0 spiro atoms. The summed E-state index contributed by atoms with van der Waals surface area (Å²) < 4.78 is 0. The van der Waals surface area contributed by atoms with E-state index in [0.717, 1.165) is 18.4 Å². The summed E-state index contributed by atoms with van der Waals surface area (Å²) in [5, 5.41) is 10.5. The van der Waals surface area contributed by atoms with Crippen LogP contribution >= 0.6 is 15.9 Å². The van der Waals surface area contributed by atoms with Crippen LogP contribution < -0.4 is 0 Å². The lowest BCUT2D eigenvalue weighted by Gasteiger charge is -2.14. The maximum atomic E-state index is 10.5. The number of rotatable bonds is 6. The van der Waals surface area contributed by atoms with Crippen LogP contribution in [0.15, 0.2) is 24.3 Å². The van der Waals surface area contributed by atoms with Crippen molar-refractivity contribution in [1.29, 1.82) is 0 Å². The Balaban J connectivity index is 2.54. The van der Waals surface area contributed by atoms with E-state index in [4.69, 9.17) is 0 Å². The fourth-order valence-electron chi connectivity index (χ4n) is 1.70. The SMILES string of the molecule is CCC(C)CC(Br)Cc1ccc([N+](=O)[O-])cc1. The van der Waals surface area contributed by atoms with Crippen molar-refractivity contribution >= 4 is 21.6 Å². The molecule has 1 rings (SSSR count). The minimum Gasteiger partial charge on any atom is -0.258 e.